The normalized spacial score (nSPS) is 11.6. The molecule has 0 bridgehead atoms. The summed E-state index contributed by atoms with van der Waals surface area (Å²) in [5.41, 5.74) is 6.50. The van der Waals surface area contributed by atoms with Crippen molar-refractivity contribution in [1.29, 1.82) is 0 Å². The van der Waals surface area contributed by atoms with E-state index in [1.54, 1.807) is 6.07 Å². The van der Waals surface area contributed by atoms with Crippen molar-refractivity contribution in [3.05, 3.63) is 50.7 Å². The maximum absolute atomic E-state index is 11.3. The zero-order valence-electron chi connectivity index (χ0n) is 12.1. The number of nitrogens with zero attached hydrogens (tertiary/aromatic N) is 3. The van der Waals surface area contributed by atoms with Gasteiger partial charge >= 0.3 is 5.69 Å². The van der Waals surface area contributed by atoms with E-state index < -0.39 is 10.3 Å². The van der Waals surface area contributed by atoms with Gasteiger partial charge in [0.15, 0.2) is 0 Å². The van der Waals surface area contributed by atoms with Crippen molar-refractivity contribution in [2.24, 2.45) is 0 Å². The molecule has 1 aromatic carbocycles. The summed E-state index contributed by atoms with van der Waals surface area (Å²) in [6.45, 7) is 5.88. The van der Waals surface area contributed by atoms with Crippen molar-refractivity contribution in [3.63, 3.8) is 0 Å². The van der Waals surface area contributed by atoms with Gasteiger partial charge in [0.05, 0.1) is 11.5 Å². The summed E-state index contributed by atoms with van der Waals surface area (Å²) >= 11 is 6.11. The molecule has 6 nitrogen and oxygen atoms in total. The van der Waals surface area contributed by atoms with E-state index in [0.29, 0.717) is 17.3 Å². The van der Waals surface area contributed by atoms with Crippen LogP contribution in [0.3, 0.4) is 0 Å². The van der Waals surface area contributed by atoms with Gasteiger partial charge in [-0.3, -0.25) is 10.1 Å². The zero-order chi connectivity index (χ0) is 15.8. The van der Waals surface area contributed by atoms with Crippen molar-refractivity contribution >= 4 is 23.1 Å². The summed E-state index contributed by atoms with van der Waals surface area (Å²) in [7, 11) is 0. The molecule has 0 aliphatic rings. The fraction of sp³-hybridized carbons (Fsp3) is 0.357. The van der Waals surface area contributed by atoms with Gasteiger partial charge in [-0.25, -0.2) is 4.68 Å². The molecule has 0 fully saturated rings. The highest BCUT2D eigenvalue weighted by Crippen LogP contribution is 2.35. The van der Waals surface area contributed by atoms with Crippen LogP contribution in [0.2, 0.25) is 5.02 Å². The maximum Gasteiger partial charge on any atom is 0.334 e. The molecule has 112 valence electrons. The number of anilines is 1. The number of aromatic nitrogens is 2. The van der Waals surface area contributed by atoms with Crippen molar-refractivity contribution < 1.29 is 4.92 Å². The monoisotopic (exact) mass is 308 g/mol. The van der Waals surface area contributed by atoms with E-state index in [0.717, 1.165) is 5.56 Å². The van der Waals surface area contributed by atoms with Gasteiger partial charge in [0.25, 0.3) is 0 Å². The Hall–Kier alpha value is -2.08. The van der Waals surface area contributed by atoms with E-state index in [1.807, 2.05) is 39.0 Å². The molecule has 0 spiro atoms. The van der Waals surface area contributed by atoms with Crippen LogP contribution in [0.1, 0.15) is 32.0 Å². The number of hydrogen-bond acceptors (Lipinski definition) is 4. The van der Waals surface area contributed by atoms with Crippen LogP contribution >= 0.6 is 11.6 Å². The second-order valence-corrected chi connectivity index (χ2v) is 6.25. The van der Waals surface area contributed by atoms with E-state index in [4.69, 9.17) is 17.3 Å². The molecule has 0 unspecified atom stereocenters. The highest BCUT2D eigenvalue weighted by Gasteiger charge is 2.33. The van der Waals surface area contributed by atoms with Crippen LogP contribution in [0.25, 0.3) is 0 Å². The predicted molar refractivity (Wildman–Crippen MR) is 82.5 cm³/mol. The molecule has 1 aromatic heterocycles. The third-order valence-electron chi connectivity index (χ3n) is 3.14. The molecule has 2 aromatic rings. The van der Waals surface area contributed by atoms with Gasteiger partial charge < -0.3 is 5.73 Å². The lowest BCUT2D eigenvalue weighted by Crippen LogP contribution is -2.14. The summed E-state index contributed by atoms with van der Waals surface area (Å²) in [5.74, 6) is 0.0462. The molecule has 0 saturated heterocycles. The zero-order valence-corrected chi connectivity index (χ0v) is 12.9. The first kappa shape index (κ1) is 15.3. The Morgan fingerprint density at radius 1 is 1.38 bits per heavy atom. The quantitative estimate of drug-likeness (QED) is 0.695. The largest absolute Gasteiger partial charge is 0.378 e. The number of hydrogen-bond donors (Lipinski definition) is 1. The van der Waals surface area contributed by atoms with E-state index >= 15 is 0 Å². The van der Waals surface area contributed by atoms with Gasteiger partial charge in [0, 0.05) is 10.4 Å². The van der Waals surface area contributed by atoms with Crippen molar-refractivity contribution in [2.75, 3.05) is 5.73 Å². The predicted octanol–water partition coefficient (Wildman–Crippen LogP) is 3.37. The molecule has 0 amide bonds. The molecule has 0 aliphatic carbocycles. The Morgan fingerprint density at radius 2 is 2.00 bits per heavy atom. The van der Waals surface area contributed by atoms with Crippen molar-refractivity contribution in [3.8, 4) is 0 Å². The number of halogens is 1. The molecule has 21 heavy (non-hydrogen) atoms. The third-order valence-corrected chi connectivity index (χ3v) is 3.51. The SMILES string of the molecule is CC(C)(C)c1nn(Cc2ccccc2Cl)c(N)c1[N+](=O)[O-]. The fourth-order valence-corrected chi connectivity index (χ4v) is 2.25. The Morgan fingerprint density at radius 3 is 2.48 bits per heavy atom. The van der Waals surface area contributed by atoms with Crippen LogP contribution in [-0.4, -0.2) is 14.7 Å². The molecule has 2 N–H and O–H groups in total. The van der Waals surface area contributed by atoms with Crippen LogP contribution < -0.4 is 5.73 Å². The summed E-state index contributed by atoms with van der Waals surface area (Å²) < 4.78 is 1.43. The van der Waals surface area contributed by atoms with Gasteiger partial charge in [0.1, 0.15) is 5.69 Å². The highest BCUT2D eigenvalue weighted by molar-refractivity contribution is 6.31. The number of nitro groups is 1. The average molecular weight is 309 g/mol. The molecule has 2 rings (SSSR count). The molecule has 0 radical (unpaired) electrons. The minimum absolute atomic E-state index is 0.0462. The van der Waals surface area contributed by atoms with E-state index in [1.165, 1.54) is 4.68 Å². The topological polar surface area (TPSA) is 87.0 Å². The van der Waals surface area contributed by atoms with E-state index in [2.05, 4.69) is 5.10 Å². The van der Waals surface area contributed by atoms with Crippen LogP contribution in [0.15, 0.2) is 24.3 Å². The standard InChI is InChI=1S/C14H17ClN4O2/c1-14(2,3)12-11(19(20)21)13(16)18(17-12)8-9-6-4-5-7-10(9)15/h4-7H,8,16H2,1-3H3. The smallest absolute Gasteiger partial charge is 0.334 e. The third kappa shape index (κ3) is 3.00. The van der Waals surface area contributed by atoms with Crippen LogP contribution in [0.4, 0.5) is 11.5 Å². The molecule has 1 heterocycles. The average Bonchev–Trinajstić information content (AvgIpc) is 2.70. The first-order chi connectivity index (χ1) is 9.71. The lowest BCUT2D eigenvalue weighted by atomic mass is 9.91. The fourth-order valence-electron chi connectivity index (χ4n) is 2.06. The Balaban J connectivity index is 2.51. The number of nitrogens with two attached hydrogens (primary N) is 1. The highest BCUT2D eigenvalue weighted by atomic mass is 35.5. The summed E-state index contributed by atoms with van der Waals surface area (Å²) in [4.78, 5) is 10.8. The Bertz CT molecular complexity index is 689. The molecule has 0 aliphatic heterocycles. The summed E-state index contributed by atoms with van der Waals surface area (Å²) in [6.07, 6.45) is 0. The molecule has 0 saturated carbocycles. The Kier molecular flexibility index (Phi) is 3.91. The number of benzene rings is 1. The van der Waals surface area contributed by atoms with Gasteiger partial charge in [0.2, 0.25) is 5.82 Å². The van der Waals surface area contributed by atoms with Crippen LogP contribution in [0, 0.1) is 10.1 Å². The summed E-state index contributed by atoms with van der Waals surface area (Å²) in [6, 6.07) is 7.27. The molecular formula is C14H17ClN4O2. The van der Waals surface area contributed by atoms with Gasteiger partial charge in [-0.2, -0.15) is 5.10 Å². The lowest BCUT2D eigenvalue weighted by molar-refractivity contribution is -0.385. The first-order valence-corrected chi connectivity index (χ1v) is 6.84. The minimum atomic E-state index is -0.480. The van der Waals surface area contributed by atoms with Gasteiger partial charge in [-0.15, -0.1) is 0 Å². The summed E-state index contributed by atoms with van der Waals surface area (Å²) in [5, 5.41) is 16.2. The van der Waals surface area contributed by atoms with Crippen LogP contribution in [-0.2, 0) is 12.0 Å². The van der Waals surface area contributed by atoms with E-state index in [-0.39, 0.29) is 11.5 Å². The second kappa shape index (κ2) is 5.37. The minimum Gasteiger partial charge on any atom is -0.378 e. The van der Waals surface area contributed by atoms with Crippen molar-refractivity contribution in [1.82, 2.24) is 9.78 Å². The Labute approximate surface area is 127 Å². The molecule has 0 atom stereocenters. The van der Waals surface area contributed by atoms with E-state index in [9.17, 15) is 10.1 Å². The maximum atomic E-state index is 11.3. The molecule has 7 heteroatoms. The van der Waals surface area contributed by atoms with Gasteiger partial charge in [-0.1, -0.05) is 50.6 Å². The second-order valence-electron chi connectivity index (χ2n) is 5.84. The lowest BCUT2D eigenvalue weighted by Gasteiger charge is -2.13. The molecular weight excluding hydrogens is 292 g/mol. The number of rotatable bonds is 3. The van der Waals surface area contributed by atoms with Crippen LogP contribution in [0.5, 0.6) is 0 Å². The number of nitrogen functional groups attached to an aromatic ring is 1. The first-order valence-electron chi connectivity index (χ1n) is 6.46. The van der Waals surface area contributed by atoms with Gasteiger partial charge in [-0.05, 0) is 11.6 Å². The van der Waals surface area contributed by atoms with Crippen molar-refractivity contribution in [2.45, 2.75) is 32.7 Å².